The third-order valence-corrected chi connectivity index (χ3v) is 2.74. The largest absolute Gasteiger partial charge is 0.422 e. The second-order valence-electron chi connectivity index (χ2n) is 4.27. The molecule has 1 heterocycles. The molecule has 1 unspecified atom stereocenters. The highest BCUT2D eigenvalue weighted by Crippen LogP contribution is 2.26. The highest BCUT2D eigenvalue weighted by Gasteiger charge is 2.44. The number of hydrogen-bond donors (Lipinski definition) is 0. The Morgan fingerprint density at radius 2 is 1.77 bits per heavy atom. The smallest absolute Gasteiger partial charge is 0.305 e. The second kappa shape index (κ2) is 7.09. The number of dihydropyridines is 1. The van der Waals surface area contributed by atoms with Gasteiger partial charge in [-0.15, -0.1) is 0 Å². The van der Waals surface area contributed by atoms with E-state index >= 15 is 0 Å². The lowest BCUT2D eigenvalue weighted by atomic mass is 10.1. The number of esters is 2. The molecule has 1 aliphatic rings. The molecular weight excluding hydrogens is 300 g/mol. The Balaban J connectivity index is 3.20. The number of methoxy groups -OCH3 is 2. The first-order valence-electron chi connectivity index (χ1n) is 6.11. The van der Waals surface area contributed by atoms with Crippen LogP contribution in [-0.2, 0) is 28.5 Å². The molecule has 10 nitrogen and oxygen atoms in total. The number of nitro groups is 1. The fourth-order valence-electron chi connectivity index (χ4n) is 1.75. The van der Waals surface area contributed by atoms with Gasteiger partial charge in [-0.25, -0.2) is 0 Å². The number of nitrogens with zero attached hydrogens (tertiary/aromatic N) is 2. The molecule has 0 aromatic rings. The van der Waals surface area contributed by atoms with Gasteiger partial charge in [0.2, 0.25) is 11.8 Å². The lowest BCUT2D eigenvalue weighted by Gasteiger charge is -2.29. The molecule has 1 rings (SSSR count). The van der Waals surface area contributed by atoms with Gasteiger partial charge in [0.1, 0.15) is 0 Å². The second-order valence-corrected chi connectivity index (χ2v) is 4.27. The molecule has 0 saturated heterocycles. The van der Waals surface area contributed by atoms with Crippen molar-refractivity contribution in [3.05, 3.63) is 21.9 Å². The SMILES string of the molecule is COC1(OC)C=NC(C(OC(C)=O)OC(C)=O)C([N+](=O)[O-])=C1. The zero-order valence-corrected chi connectivity index (χ0v) is 12.5. The standard InChI is InChI=1S/C12H16N2O8/c1-7(15)21-11(22-8(2)16)10-9(14(17)18)5-12(19-3,20-4)6-13-10/h5-6,10-11H,1-4H3. The monoisotopic (exact) mass is 316 g/mol. The molecule has 0 bridgehead atoms. The molecule has 0 amide bonds. The van der Waals surface area contributed by atoms with Gasteiger partial charge in [0.05, 0.1) is 17.2 Å². The van der Waals surface area contributed by atoms with Crippen molar-refractivity contribution >= 4 is 18.2 Å². The summed E-state index contributed by atoms with van der Waals surface area (Å²) in [5.74, 6) is -3.07. The van der Waals surface area contributed by atoms with Gasteiger partial charge in [0.15, 0.2) is 0 Å². The Hall–Kier alpha value is -2.33. The maximum atomic E-state index is 11.2. The Morgan fingerprint density at radius 3 is 2.14 bits per heavy atom. The number of ether oxygens (including phenoxy) is 4. The summed E-state index contributed by atoms with van der Waals surface area (Å²) in [4.78, 5) is 36.6. The molecule has 0 N–H and O–H groups in total. The third kappa shape index (κ3) is 4.09. The normalized spacial score (nSPS) is 19.5. The topological polar surface area (TPSA) is 127 Å². The van der Waals surface area contributed by atoms with Crippen molar-refractivity contribution in [3.63, 3.8) is 0 Å². The van der Waals surface area contributed by atoms with Crippen LogP contribution in [0.4, 0.5) is 0 Å². The Kier molecular flexibility index (Phi) is 5.71. The quantitative estimate of drug-likeness (QED) is 0.291. The molecule has 1 aliphatic heterocycles. The first-order chi connectivity index (χ1) is 10.2. The first kappa shape index (κ1) is 17.7. The van der Waals surface area contributed by atoms with Crippen molar-refractivity contribution in [2.45, 2.75) is 32.0 Å². The maximum absolute atomic E-state index is 11.2. The molecule has 0 fully saturated rings. The zero-order valence-electron chi connectivity index (χ0n) is 12.5. The van der Waals surface area contributed by atoms with E-state index in [0.29, 0.717) is 0 Å². The predicted molar refractivity (Wildman–Crippen MR) is 71.4 cm³/mol. The molecule has 0 aliphatic carbocycles. The summed E-state index contributed by atoms with van der Waals surface area (Å²) in [7, 11) is 2.55. The van der Waals surface area contributed by atoms with Crippen LogP contribution < -0.4 is 0 Å². The van der Waals surface area contributed by atoms with E-state index in [4.69, 9.17) is 18.9 Å². The lowest BCUT2D eigenvalue weighted by Crippen LogP contribution is -2.44. The number of hydrogen-bond acceptors (Lipinski definition) is 9. The van der Waals surface area contributed by atoms with Crippen molar-refractivity contribution in [2.24, 2.45) is 4.99 Å². The summed E-state index contributed by atoms with van der Waals surface area (Å²) in [5, 5.41) is 11.2. The predicted octanol–water partition coefficient (Wildman–Crippen LogP) is 0.0414. The summed E-state index contributed by atoms with van der Waals surface area (Å²) in [6, 6.07) is -1.33. The van der Waals surface area contributed by atoms with E-state index in [9.17, 15) is 19.7 Å². The zero-order chi connectivity index (χ0) is 16.9. The number of aliphatic imine (C=N–C) groups is 1. The van der Waals surface area contributed by atoms with E-state index < -0.39 is 40.7 Å². The molecular formula is C12H16N2O8. The van der Waals surface area contributed by atoms with E-state index in [0.717, 1.165) is 26.1 Å². The summed E-state index contributed by atoms with van der Waals surface area (Å²) < 4.78 is 19.6. The Labute approximate surface area is 125 Å². The average Bonchev–Trinajstić information content (AvgIpc) is 2.44. The Morgan fingerprint density at radius 1 is 1.27 bits per heavy atom. The minimum absolute atomic E-state index is 0.487. The van der Waals surface area contributed by atoms with E-state index in [1.54, 1.807) is 0 Å². The van der Waals surface area contributed by atoms with Crippen LogP contribution in [0.5, 0.6) is 0 Å². The molecule has 1 atom stereocenters. The maximum Gasteiger partial charge on any atom is 0.305 e. The molecule has 0 spiro atoms. The van der Waals surface area contributed by atoms with Crippen LogP contribution in [-0.4, -0.2) is 55.4 Å². The van der Waals surface area contributed by atoms with Crippen LogP contribution in [0.3, 0.4) is 0 Å². The van der Waals surface area contributed by atoms with Crippen LogP contribution in [0.15, 0.2) is 16.8 Å². The summed E-state index contributed by atoms with van der Waals surface area (Å²) >= 11 is 0. The van der Waals surface area contributed by atoms with Crippen LogP contribution in [0.25, 0.3) is 0 Å². The third-order valence-electron chi connectivity index (χ3n) is 2.74. The highest BCUT2D eigenvalue weighted by atomic mass is 16.7. The number of rotatable bonds is 6. The minimum Gasteiger partial charge on any atom is -0.422 e. The van der Waals surface area contributed by atoms with Crippen molar-refractivity contribution in [1.29, 1.82) is 0 Å². The van der Waals surface area contributed by atoms with Crippen molar-refractivity contribution < 1.29 is 33.5 Å². The van der Waals surface area contributed by atoms with Gasteiger partial charge in [-0.05, 0) is 0 Å². The van der Waals surface area contributed by atoms with Gasteiger partial charge in [0.25, 0.3) is 12.0 Å². The van der Waals surface area contributed by atoms with Gasteiger partial charge in [-0.3, -0.25) is 24.7 Å². The molecule has 0 aromatic heterocycles. The van der Waals surface area contributed by atoms with Crippen molar-refractivity contribution in [2.75, 3.05) is 14.2 Å². The summed E-state index contributed by atoms with van der Waals surface area (Å²) in [6.07, 6.45) is 0.657. The van der Waals surface area contributed by atoms with Crippen LogP contribution in [0.2, 0.25) is 0 Å². The fraction of sp³-hybridized carbons (Fsp3) is 0.583. The lowest BCUT2D eigenvalue weighted by molar-refractivity contribution is -0.434. The average molecular weight is 316 g/mol. The van der Waals surface area contributed by atoms with E-state index in [1.165, 1.54) is 14.2 Å². The first-order valence-corrected chi connectivity index (χ1v) is 6.11. The molecule has 0 saturated carbocycles. The fourth-order valence-corrected chi connectivity index (χ4v) is 1.75. The number of carbonyl (C=O) groups is 2. The molecule has 22 heavy (non-hydrogen) atoms. The van der Waals surface area contributed by atoms with E-state index in [-0.39, 0.29) is 0 Å². The number of carbonyl (C=O) groups excluding carboxylic acids is 2. The van der Waals surface area contributed by atoms with Crippen LogP contribution >= 0.6 is 0 Å². The van der Waals surface area contributed by atoms with Gasteiger partial charge >= 0.3 is 11.9 Å². The van der Waals surface area contributed by atoms with Crippen molar-refractivity contribution in [3.8, 4) is 0 Å². The molecule has 122 valence electrons. The summed E-state index contributed by atoms with van der Waals surface area (Å²) in [5.41, 5.74) is -0.487. The van der Waals surface area contributed by atoms with Gasteiger partial charge < -0.3 is 18.9 Å². The van der Waals surface area contributed by atoms with Crippen LogP contribution in [0.1, 0.15) is 13.8 Å². The van der Waals surface area contributed by atoms with E-state index in [1.807, 2.05) is 0 Å². The highest BCUT2D eigenvalue weighted by molar-refractivity contribution is 5.73. The van der Waals surface area contributed by atoms with Gasteiger partial charge in [-0.1, -0.05) is 0 Å². The molecule has 10 heteroatoms. The summed E-state index contributed by atoms with van der Waals surface area (Å²) in [6.45, 7) is 2.15. The van der Waals surface area contributed by atoms with E-state index in [2.05, 4.69) is 4.99 Å². The minimum atomic E-state index is -1.56. The van der Waals surface area contributed by atoms with Crippen LogP contribution in [0, 0.1) is 10.1 Å². The van der Waals surface area contributed by atoms with Gasteiger partial charge in [-0.2, -0.15) is 0 Å². The Bertz CT molecular complexity index is 507. The molecule has 0 radical (unpaired) electrons. The van der Waals surface area contributed by atoms with Gasteiger partial charge in [0, 0.05) is 28.1 Å². The molecule has 0 aromatic carbocycles. The van der Waals surface area contributed by atoms with Crippen molar-refractivity contribution in [1.82, 2.24) is 0 Å².